The molecule has 1 atom stereocenters. The molecular formula is C16H19N5O3. The van der Waals surface area contributed by atoms with Gasteiger partial charge in [0.25, 0.3) is 0 Å². The third kappa shape index (κ3) is 2.94. The summed E-state index contributed by atoms with van der Waals surface area (Å²) in [4.78, 5) is 12.8. The van der Waals surface area contributed by atoms with Crippen molar-refractivity contribution in [1.29, 1.82) is 0 Å². The van der Waals surface area contributed by atoms with Crippen LogP contribution in [-0.4, -0.2) is 36.9 Å². The molecule has 3 rings (SSSR count). The number of allylic oxidation sites excluding steroid dienone is 1. The molecule has 0 bridgehead atoms. The number of aromatic nitrogens is 4. The summed E-state index contributed by atoms with van der Waals surface area (Å²) in [7, 11) is 0. The minimum atomic E-state index is -0.630. The molecule has 0 amide bonds. The largest absolute Gasteiger partial charge is 0.508 e. The summed E-state index contributed by atoms with van der Waals surface area (Å²) in [6.45, 7) is 7.20. The molecule has 1 aromatic heterocycles. The molecule has 24 heavy (non-hydrogen) atoms. The van der Waals surface area contributed by atoms with Gasteiger partial charge in [-0.2, -0.15) is 4.68 Å². The van der Waals surface area contributed by atoms with Gasteiger partial charge in [-0.25, -0.2) is 4.79 Å². The van der Waals surface area contributed by atoms with Crippen molar-refractivity contribution in [1.82, 2.24) is 20.2 Å². The number of ether oxygens (including phenoxy) is 1. The zero-order valence-electron chi connectivity index (χ0n) is 13.9. The number of carbonyl (C=O) groups excluding carboxylic acids is 1. The number of rotatable bonds is 2. The summed E-state index contributed by atoms with van der Waals surface area (Å²) in [5, 5.41) is 24.4. The standard InChI is InChI=1S/C16H19N5O3/c1-9-12(14(23)24-16(2,3)4)13(10-6-5-7-11(22)8-10)21-15(17-9)18-19-20-21/h5-8,13,22H,1-4H3,(H,17,18,20)/t13-/m0/s1. The number of carbonyl (C=O) groups is 1. The molecule has 1 aliphatic heterocycles. The van der Waals surface area contributed by atoms with Gasteiger partial charge in [-0.3, -0.25) is 0 Å². The van der Waals surface area contributed by atoms with Crippen LogP contribution in [0, 0.1) is 0 Å². The van der Waals surface area contributed by atoms with Gasteiger partial charge in [-0.15, -0.1) is 0 Å². The van der Waals surface area contributed by atoms with E-state index in [1.807, 2.05) is 20.8 Å². The Morgan fingerprint density at radius 3 is 2.79 bits per heavy atom. The van der Waals surface area contributed by atoms with Gasteiger partial charge in [0.15, 0.2) is 0 Å². The van der Waals surface area contributed by atoms with E-state index in [1.165, 1.54) is 4.68 Å². The second-order valence-corrected chi connectivity index (χ2v) is 6.61. The number of phenols is 1. The number of hydrogen-bond acceptors (Lipinski definition) is 7. The number of esters is 1. The van der Waals surface area contributed by atoms with Gasteiger partial charge in [-0.05, 0) is 55.8 Å². The highest BCUT2D eigenvalue weighted by Crippen LogP contribution is 2.36. The van der Waals surface area contributed by atoms with E-state index >= 15 is 0 Å². The summed E-state index contributed by atoms with van der Waals surface area (Å²) in [6.07, 6.45) is 0. The molecule has 0 fully saturated rings. The smallest absolute Gasteiger partial charge is 0.338 e. The van der Waals surface area contributed by atoms with Crippen LogP contribution in [0.3, 0.4) is 0 Å². The molecule has 2 N–H and O–H groups in total. The van der Waals surface area contributed by atoms with Crippen molar-refractivity contribution in [3.05, 3.63) is 41.1 Å². The topological polar surface area (TPSA) is 102 Å². The molecule has 0 saturated carbocycles. The van der Waals surface area contributed by atoms with Crippen LogP contribution in [-0.2, 0) is 9.53 Å². The van der Waals surface area contributed by atoms with E-state index in [-0.39, 0.29) is 5.75 Å². The summed E-state index contributed by atoms with van der Waals surface area (Å²) in [6, 6.07) is 6.07. The first-order valence-electron chi connectivity index (χ1n) is 7.54. The van der Waals surface area contributed by atoms with E-state index in [9.17, 15) is 9.90 Å². The van der Waals surface area contributed by atoms with Gasteiger partial charge in [0.05, 0.1) is 5.57 Å². The van der Waals surface area contributed by atoms with Gasteiger partial charge >= 0.3 is 5.97 Å². The fraction of sp³-hybridized carbons (Fsp3) is 0.375. The highest BCUT2D eigenvalue weighted by Gasteiger charge is 2.36. The Morgan fingerprint density at radius 2 is 2.12 bits per heavy atom. The minimum absolute atomic E-state index is 0.0989. The average Bonchev–Trinajstić information content (AvgIpc) is 2.91. The predicted molar refractivity (Wildman–Crippen MR) is 86.2 cm³/mol. The van der Waals surface area contributed by atoms with Crippen LogP contribution in [0.1, 0.15) is 39.3 Å². The lowest BCUT2D eigenvalue weighted by Crippen LogP contribution is -2.33. The van der Waals surface area contributed by atoms with Crippen molar-refractivity contribution in [3.63, 3.8) is 0 Å². The zero-order valence-corrected chi connectivity index (χ0v) is 13.9. The van der Waals surface area contributed by atoms with Crippen molar-refractivity contribution in [3.8, 4) is 5.75 Å². The Balaban J connectivity index is 2.12. The van der Waals surface area contributed by atoms with Gasteiger partial charge < -0.3 is 15.2 Å². The minimum Gasteiger partial charge on any atom is -0.508 e. The van der Waals surface area contributed by atoms with Crippen LogP contribution in [0.25, 0.3) is 0 Å². The normalized spacial score (nSPS) is 17.2. The molecule has 2 heterocycles. The maximum Gasteiger partial charge on any atom is 0.338 e. The molecule has 1 aliphatic rings. The fourth-order valence-corrected chi connectivity index (χ4v) is 2.61. The van der Waals surface area contributed by atoms with E-state index in [0.29, 0.717) is 22.8 Å². The third-order valence-corrected chi connectivity index (χ3v) is 3.52. The highest BCUT2D eigenvalue weighted by atomic mass is 16.6. The Labute approximate surface area is 139 Å². The lowest BCUT2D eigenvalue weighted by molar-refractivity contribution is -0.150. The molecule has 0 saturated heterocycles. The van der Waals surface area contributed by atoms with Crippen LogP contribution in [0.4, 0.5) is 5.95 Å². The van der Waals surface area contributed by atoms with E-state index in [2.05, 4.69) is 20.8 Å². The van der Waals surface area contributed by atoms with Crippen molar-refractivity contribution in [2.45, 2.75) is 39.3 Å². The molecule has 8 heteroatoms. The maximum absolute atomic E-state index is 12.8. The molecule has 0 spiro atoms. The van der Waals surface area contributed by atoms with Crippen LogP contribution < -0.4 is 5.32 Å². The number of nitrogens with one attached hydrogen (secondary N) is 1. The first-order chi connectivity index (χ1) is 11.3. The summed E-state index contributed by atoms with van der Waals surface area (Å²) in [5.41, 5.74) is 1.06. The van der Waals surface area contributed by atoms with E-state index < -0.39 is 17.6 Å². The highest BCUT2D eigenvalue weighted by molar-refractivity contribution is 5.92. The molecule has 0 aliphatic carbocycles. The number of tetrazole rings is 1. The van der Waals surface area contributed by atoms with Gasteiger partial charge in [0.2, 0.25) is 5.95 Å². The van der Waals surface area contributed by atoms with Crippen molar-refractivity contribution < 1.29 is 14.6 Å². The SMILES string of the molecule is CC1=C(C(=O)OC(C)(C)C)[C@H](c2cccc(O)c2)n2nnnc2N1. The van der Waals surface area contributed by atoms with Gasteiger partial charge in [-0.1, -0.05) is 17.2 Å². The summed E-state index contributed by atoms with van der Waals surface area (Å²) in [5.74, 6) is 0.0667. The number of aromatic hydroxyl groups is 1. The Hall–Kier alpha value is -2.90. The second-order valence-electron chi connectivity index (χ2n) is 6.61. The fourth-order valence-electron chi connectivity index (χ4n) is 2.61. The molecule has 1 aromatic carbocycles. The van der Waals surface area contributed by atoms with Crippen molar-refractivity contribution in [2.24, 2.45) is 0 Å². The Kier molecular flexibility index (Phi) is 3.75. The van der Waals surface area contributed by atoms with Crippen LogP contribution >= 0.6 is 0 Å². The third-order valence-electron chi connectivity index (χ3n) is 3.52. The molecular weight excluding hydrogens is 310 g/mol. The van der Waals surface area contributed by atoms with E-state index in [1.54, 1.807) is 31.2 Å². The molecule has 0 radical (unpaired) electrons. The summed E-state index contributed by atoms with van der Waals surface area (Å²) < 4.78 is 7.04. The molecule has 8 nitrogen and oxygen atoms in total. The van der Waals surface area contributed by atoms with Crippen LogP contribution in [0.2, 0.25) is 0 Å². The monoisotopic (exact) mass is 329 g/mol. The number of anilines is 1. The number of benzene rings is 1. The first kappa shape index (κ1) is 16.0. The molecule has 126 valence electrons. The quantitative estimate of drug-likeness (QED) is 0.812. The summed E-state index contributed by atoms with van der Waals surface area (Å²) >= 11 is 0. The van der Waals surface area contributed by atoms with Crippen molar-refractivity contribution in [2.75, 3.05) is 5.32 Å². The first-order valence-corrected chi connectivity index (χ1v) is 7.54. The number of phenolic OH excluding ortho intramolecular Hbond substituents is 1. The van der Waals surface area contributed by atoms with Crippen LogP contribution in [0.5, 0.6) is 5.75 Å². The maximum atomic E-state index is 12.8. The van der Waals surface area contributed by atoms with E-state index in [0.717, 1.165) is 0 Å². The lowest BCUT2D eigenvalue weighted by atomic mass is 9.95. The lowest BCUT2D eigenvalue weighted by Gasteiger charge is -2.29. The molecule has 2 aromatic rings. The van der Waals surface area contributed by atoms with Gasteiger partial charge in [0, 0.05) is 5.70 Å². The van der Waals surface area contributed by atoms with E-state index in [4.69, 9.17) is 4.74 Å². The molecule has 0 unspecified atom stereocenters. The number of hydrogen-bond donors (Lipinski definition) is 2. The second kappa shape index (κ2) is 5.63. The number of fused-ring (bicyclic) bond motifs is 1. The van der Waals surface area contributed by atoms with Crippen molar-refractivity contribution >= 4 is 11.9 Å². The Morgan fingerprint density at radius 1 is 1.38 bits per heavy atom. The number of nitrogens with zero attached hydrogens (tertiary/aromatic N) is 4. The average molecular weight is 329 g/mol. The van der Waals surface area contributed by atoms with Gasteiger partial charge in [0.1, 0.15) is 17.4 Å². The van der Waals surface area contributed by atoms with Crippen LogP contribution in [0.15, 0.2) is 35.5 Å². The Bertz CT molecular complexity index is 819. The zero-order chi connectivity index (χ0) is 17.5. The predicted octanol–water partition coefficient (Wildman–Crippen LogP) is 2.01.